The van der Waals surface area contributed by atoms with Crippen molar-refractivity contribution in [2.75, 3.05) is 7.05 Å². The molecule has 1 N–H and O–H groups in total. The standard InChI is InChI=1S/C14H12Br2F2N2/c1-19-13(14-10(16)5-8(15)7-20-14)6-9-11(17)3-2-4-12(9)18/h2-5,7,13,19H,6H2,1H3. The van der Waals surface area contributed by atoms with Gasteiger partial charge in [0, 0.05) is 20.7 Å². The summed E-state index contributed by atoms with van der Waals surface area (Å²) in [5, 5.41) is 3.04. The lowest BCUT2D eigenvalue weighted by atomic mass is 10.0. The van der Waals surface area contributed by atoms with E-state index in [9.17, 15) is 8.78 Å². The first kappa shape index (κ1) is 15.5. The molecule has 0 bridgehead atoms. The molecule has 0 amide bonds. The van der Waals surface area contributed by atoms with Gasteiger partial charge in [0.05, 0.1) is 11.7 Å². The molecule has 2 rings (SSSR count). The largest absolute Gasteiger partial charge is 0.311 e. The summed E-state index contributed by atoms with van der Waals surface area (Å²) in [6.07, 6.45) is 1.84. The maximum absolute atomic E-state index is 13.7. The van der Waals surface area contributed by atoms with Gasteiger partial charge in [-0.3, -0.25) is 4.98 Å². The number of pyridine rings is 1. The Labute approximate surface area is 132 Å². The smallest absolute Gasteiger partial charge is 0.129 e. The Kier molecular flexibility index (Phi) is 5.23. The van der Waals surface area contributed by atoms with E-state index in [1.807, 2.05) is 6.07 Å². The van der Waals surface area contributed by atoms with Crippen LogP contribution < -0.4 is 5.32 Å². The summed E-state index contributed by atoms with van der Waals surface area (Å²) in [4.78, 5) is 4.30. The molecule has 0 aliphatic heterocycles. The highest BCUT2D eigenvalue weighted by atomic mass is 79.9. The van der Waals surface area contributed by atoms with Crippen LogP contribution in [0, 0.1) is 11.6 Å². The molecule has 0 saturated heterocycles. The van der Waals surface area contributed by atoms with Crippen LogP contribution in [-0.2, 0) is 6.42 Å². The van der Waals surface area contributed by atoms with Crippen molar-refractivity contribution in [2.24, 2.45) is 0 Å². The third-order valence-corrected chi connectivity index (χ3v) is 4.05. The third kappa shape index (κ3) is 3.42. The Morgan fingerprint density at radius 1 is 1.25 bits per heavy atom. The van der Waals surface area contributed by atoms with E-state index in [2.05, 4.69) is 42.2 Å². The van der Waals surface area contributed by atoms with Crippen molar-refractivity contribution in [3.8, 4) is 0 Å². The quantitative estimate of drug-likeness (QED) is 0.815. The first-order valence-corrected chi connectivity index (χ1v) is 7.52. The number of aromatic nitrogens is 1. The van der Waals surface area contributed by atoms with Crippen LogP contribution in [0.3, 0.4) is 0 Å². The normalized spacial score (nSPS) is 12.4. The van der Waals surface area contributed by atoms with Crippen molar-refractivity contribution in [2.45, 2.75) is 12.5 Å². The molecule has 1 aromatic carbocycles. The molecule has 0 saturated carbocycles. The van der Waals surface area contributed by atoms with Crippen LogP contribution in [0.5, 0.6) is 0 Å². The zero-order chi connectivity index (χ0) is 14.7. The van der Waals surface area contributed by atoms with Crippen molar-refractivity contribution >= 4 is 31.9 Å². The molecule has 106 valence electrons. The van der Waals surface area contributed by atoms with Crippen LogP contribution in [0.15, 0.2) is 39.4 Å². The molecule has 1 aromatic heterocycles. The minimum Gasteiger partial charge on any atom is -0.311 e. The fraction of sp³-hybridized carbons (Fsp3) is 0.214. The van der Waals surface area contributed by atoms with Crippen molar-refractivity contribution in [1.29, 1.82) is 0 Å². The average Bonchev–Trinajstić information content (AvgIpc) is 2.40. The second-order valence-corrected chi connectivity index (χ2v) is 6.04. The van der Waals surface area contributed by atoms with Gasteiger partial charge < -0.3 is 5.32 Å². The van der Waals surface area contributed by atoms with Crippen molar-refractivity contribution in [1.82, 2.24) is 10.3 Å². The van der Waals surface area contributed by atoms with E-state index in [0.717, 1.165) is 8.95 Å². The molecule has 0 spiro atoms. The van der Waals surface area contributed by atoms with Crippen LogP contribution in [0.25, 0.3) is 0 Å². The molecular weight excluding hydrogens is 394 g/mol. The Balaban J connectivity index is 2.34. The number of hydrogen-bond donors (Lipinski definition) is 1. The van der Waals surface area contributed by atoms with Crippen molar-refractivity contribution < 1.29 is 8.78 Å². The van der Waals surface area contributed by atoms with E-state index in [1.165, 1.54) is 18.2 Å². The first-order chi connectivity index (χ1) is 9.52. The number of benzene rings is 1. The highest BCUT2D eigenvalue weighted by molar-refractivity contribution is 9.11. The molecule has 2 aromatic rings. The minimum atomic E-state index is -0.543. The van der Waals surface area contributed by atoms with Crippen LogP contribution >= 0.6 is 31.9 Å². The second-order valence-electron chi connectivity index (χ2n) is 4.27. The lowest BCUT2D eigenvalue weighted by Gasteiger charge is -2.18. The van der Waals surface area contributed by atoms with Gasteiger partial charge in [0.1, 0.15) is 11.6 Å². The molecule has 2 nitrogen and oxygen atoms in total. The van der Waals surface area contributed by atoms with Gasteiger partial charge in [-0.05, 0) is 63.5 Å². The lowest BCUT2D eigenvalue weighted by molar-refractivity contribution is 0.508. The van der Waals surface area contributed by atoms with Gasteiger partial charge >= 0.3 is 0 Å². The van der Waals surface area contributed by atoms with E-state index in [-0.39, 0.29) is 18.0 Å². The van der Waals surface area contributed by atoms with Gasteiger partial charge in [-0.1, -0.05) is 6.07 Å². The van der Waals surface area contributed by atoms with Gasteiger partial charge in [-0.2, -0.15) is 0 Å². The van der Waals surface area contributed by atoms with Crippen molar-refractivity contribution in [3.05, 3.63) is 62.3 Å². The summed E-state index contributed by atoms with van der Waals surface area (Å²) in [5.41, 5.74) is 0.766. The Bertz CT molecular complexity index is 600. The van der Waals surface area contributed by atoms with Gasteiger partial charge in [0.25, 0.3) is 0 Å². The molecule has 0 radical (unpaired) electrons. The van der Waals surface area contributed by atoms with Crippen LogP contribution in [-0.4, -0.2) is 12.0 Å². The zero-order valence-electron chi connectivity index (χ0n) is 10.6. The second kappa shape index (κ2) is 6.74. The number of nitrogens with one attached hydrogen (secondary N) is 1. The van der Waals surface area contributed by atoms with Crippen LogP contribution in [0.1, 0.15) is 17.3 Å². The topological polar surface area (TPSA) is 24.9 Å². The number of likely N-dealkylation sites (N-methyl/N-ethyl adjacent to an activating group) is 1. The van der Waals surface area contributed by atoms with E-state index in [0.29, 0.717) is 5.69 Å². The number of nitrogens with zero attached hydrogens (tertiary/aromatic N) is 1. The predicted octanol–water partition coefficient (Wildman–Crippen LogP) is 4.39. The fourth-order valence-electron chi connectivity index (χ4n) is 1.95. The SMILES string of the molecule is CNC(Cc1c(F)cccc1F)c1ncc(Br)cc1Br. The van der Waals surface area contributed by atoms with E-state index in [4.69, 9.17) is 0 Å². The molecule has 0 fully saturated rings. The van der Waals surface area contributed by atoms with E-state index >= 15 is 0 Å². The third-order valence-electron chi connectivity index (χ3n) is 2.98. The lowest BCUT2D eigenvalue weighted by Crippen LogP contribution is -2.21. The highest BCUT2D eigenvalue weighted by Crippen LogP contribution is 2.28. The summed E-state index contributed by atoms with van der Waals surface area (Å²) >= 11 is 6.74. The molecule has 0 aliphatic carbocycles. The average molecular weight is 406 g/mol. The summed E-state index contributed by atoms with van der Waals surface area (Å²) in [6.45, 7) is 0. The molecule has 1 atom stereocenters. The molecule has 1 unspecified atom stereocenters. The molecule has 6 heteroatoms. The van der Waals surface area contributed by atoms with Crippen LogP contribution in [0.2, 0.25) is 0 Å². The summed E-state index contributed by atoms with van der Waals surface area (Å²) in [7, 11) is 1.74. The Morgan fingerprint density at radius 2 is 1.90 bits per heavy atom. The van der Waals surface area contributed by atoms with E-state index < -0.39 is 11.6 Å². The van der Waals surface area contributed by atoms with Gasteiger partial charge in [0.2, 0.25) is 0 Å². The summed E-state index contributed by atoms with van der Waals surface area (Å²) in [6, 6.07) is 5.44. The molecule has 1 heterocycles. The number of halogens is 4. The molecule has 20 heavy (non-hydrogen) atoms. The number of hydrogen-bond acceptors (Lipinski definition) is 2. The predicted molar refractivity (Wildman–Crippen MR) is 81.5 cm³/mol. The number of rotatable bonds is 4. The van der Waals surface area contributed by atoms with Gasteiger partial charge in [-0.25, -0.2) is 8.78 Å². The fourth-order valence-corrected chi connectivity index (χ4v) is 3.21. The first-order valence-electron chi connectivity index (χ1n) is 5.94. The molecule has 0 aliphatic rings. The highest BCUT2D eigenvalue weighted by Gasteiger charge is 2.19. The monoisotopic (exact) mass is 404 g/mol. The summed E-state index contributed by atoms with van der Waals surface area (Å²) in [5.74, 6) is -1.09. The van der Waals surface area contributed by atoms with E-state index in [1.54, 1.807) is 13.2 Å². The van der Waals surface area contributed by atoms with Gasteiger partial charge in [-0.15, -0.1) is 0 Å². The maximum atomic E-state index is 13.7. The Morgan fingerprint density at radius 3 is 2.45 bits per heavy atom. The zero-order valence-corrected chi connectivity index (χ0v) is 13.8. The maximum Gasteiger partial charge on any atom is 0.129 e. The molecular formula is C14H12Br2F2N2. The Hall–Kier alpha value is -0.850. The summed E-state index contributed by atoms with van der Waals surface area (Å²) < 4.78 is 29.1. The van der Waals surface area contributed by atoms with Crippen molar-refractivity contribution in [3.63, 3.8) is 0 Å². The van der Waals surface area contributed by atoms with Crippen LogP contribution in [0.4, 0.5) is 8.78 Å². The van der Waals surface area contributed by atoms with Gasteiger partial charge in [0.15, 0.2) is 0 Å². The minimum absolute atomic E-state index is 0.0588.